The van der Waals surface area contributed by atoms with E-state index in [1.165, 1.54) is 29.8 Å². The van der Waals surface area contributed by atoms with Crippen molar-refractivity contribution >= 4 is 21.6 Å². The summed E-state index contributed by atoms with van der Waals surface area (Å²) in [5, 5.41) is 0. The van der Waals surface area contributed by atoms with E-state index < -0.39 is 0 Å². The zero-order valence-electron chi connectivity index (χ0n) is 9.20. The molecule has 1 aliphatic rings. The summed E-state index contributed by atoms with van der Waals surface area (Å²) in [6.45, 7) is 3.15. The second-order valence-corrected chi connectivity index (χ2v) is 4.60. The fraction of sp³-hybridized carbons (Fsp3) is 0.455. The summed E-state index contributed by atoms with van der Waals surface area (Å²) >= 11 is 3.51. The van der Waals surface area contributed by atoms with Crippen molar-refractivity contribution in [3.8, 4) is 0 Å². The molecule has 0 unspecified atom stereocenters. The third-order valence-electron chi connectivity index (χ3n) is 2.73. The van der Waals surface area contributed by atoms with E-state index in [4.69, 9.17) is 0 Å². The summed E-state index contributed by atoms with van der Waals surface area (Å²) in [4.78, 5) is 6.54. The minimum atomic E-state index is 0. The van der Waals surface area contributed by atoms with Crippen LogP contribution in [0.4, 0.5) is 5.69 Å². The van der Waals surface area contributed by atoms with Gasteiger partial charge in [-0.05, 0) is 54.2 Å². The molecule has 0 fully saturated rings. The average molecular weight is 622 g/mol. The molecule has 0 N–H and O–H groups in total. The Labute approximate surface area is 134 Å². The zero-order chi connectivity index (χ0) is 10.1. The molecular formula is C11H14BrN2W2-. The summed E-state index contributed by atoms with van der Waals surface area (Å²) in [5.41, 5.74) is 3.67. The van der Waals surface area contributed by atoms with E-state index in [9.17, 15) is 0 Å². The van der Waals surface area contributed by atoms with Crippen molar-refractivity contribution in [2.45, 2.75) is 26.2 Å². The van der Waals surface area contributed by atoms with Crippen LogP contribution in [0.3, 0.4) is 0 Å². The van der Waals surface area contributed by atoms with Gasteiger partial charge in [0.1, 0.15) is 0 Å². The van der Waals surface area contributed by atoms with E-state index in [0.29, 0.717) is 0 Å². The van der Waals surface area contributed by atoms with Crippen LogP contribution in [-0.4, -0.2) is 11.5 Å². The predicted octanol–water partition coefficient (Wildman–Crippen LogP) is 3.08. The number of hydrogen-bond donors (Lipinski definition) is 0. The van der Waals surface area contributed by atoms with Gasteiger partial charge in [-0.1, -0.05) is 0 Å². The quantitative estimate of drug-likeness (QED) is 0.415. The fourth-order valence-corrected chi connectivity index (χ4v) is 2.22. The number of aromatic nitrogens is 1. The Balaban J connectivity index is 0.00000112. The number of aryl methyl sites for hydroxylation is 1. The monoisotopic (exact) mass is 621 g/mol. The average Bonchev–Trinajstić information content (AvgIpc) is 2.35. The first kappa shape index (κ1) is 16.8. The molecule has 5 heteroatoms. The van der Waals surface area contributed by atoms with Gasteiger partial charge in [0, 0.05) is 58.5 Å². The topological polar surface area (TPSA) is 16.1 Å². The number of fused-ring (bicyclic) bond motifs is 1. The van der Waals surface area contributed by atoms with Gasteiger partial charge in [-0.2, -0.15) is 0 Å². The molecule has 1 aromatic heterocycles. The van der Waals surface area contributed by atoms with Crippen LogP contribution in [0, 0.1) is 14.0 Å². The fourth-order valence-electron chi connectivity index (χ4n) is 1.93. The summed E-state index contributed by atoms with van der Waals surface area (Å²) in [6.07, 6.45) is 5.40. The Bertz CT molecular complexity index is 358. The van der Waals surface area contributed by atoms with Crippen LogP contribution in [0.15, 0.2) is 10.7 Å². The second kappa shape index (κ2) is 7.29. The largest absolute Gasteiger partial charge is 0.523 e. The van der Waals surface area contributed by atoms with Crippen LogP contribution >= 0.6 is 15.9 Å². The van der Waals surface area contributed by atoms with E-state index in [1.807, 2.05) is 6.20 Å². The third kappa shape index (κ3) is 3.40. The van der Waals surface area contributed by atoms with E-state index in [0.717, 1.165) is 17.4 Å². The number of nitrogens with zero attached hydrogens (tertiary/aromatic N) is 2. The molecule has 0 aliphatic carbocycles. The molecule has 1 aromatic rings. The van der Waals surface area contributed by atoms with Gasteiger partial charge >= 0.3 is 0 Å². The smallest absolute Gasteiger partial charge is 0.0614 e. The van der Waals surface area contributed by atoms with Crippen LogP contribution in [-0.2, 0) is 48.6 Å². The first-order valence-corrected chi connectivity index (χ1v) is 5.71. The van der Waals surface area contributed by atoms with Gasteiger partial charge in [-0.15, -0.1) is 0 Å². The Morgan fingerprint density at radius 3 is 2.75 bits per heavy atom. The molecule has 88 valence electrons. The van der Waals surface area contributed by atoms with Crippen molar-refractivity contribution in [1.82, 2.24) is 4.98 Å². The molecule has 0 bridgehead atoms. The molecule has 0 amide bonds. The van der Waals surface area contributed by atoms with Gasteiger partial charge in [-0.25, -0.2) is 0 Å². The minimum absolute atomic E-state index is 0. The van der Waals surface area contributed by atoms with E-state index >= 15 is 0 Å². The molecule has 0 atom stereocenters. The minimum Gasteiger partial charge on any atom is -0.523 e. The zero-order valence-corrected chi connectivity index (χ0v) is 16.7. The van der Waals surface area contributed by atoms with E-state index in [1.54, 1.807) is 0 Å². The summed E-state index contributed by atoms with van der Waals surface area (Å²) < 4.78 is 1.08. The second-order valence-electron chi connectivity index (χ2n) is 3.75. The number of halogens is 1. The number of anilines is 1. The Morgan fingerprint density at radius 1 is 1.38 bits per heavy atom. The maximum absolute atomic E-state index is 4.46. The maximum Gasteiger partial charge on any atom is 0.0614 e. The maximum atomic E-state index is 4.46. The van der Waals surface area contributed by atoms with Crippen LogP contribution in [0.1, 0.15) is 24.1 Å². The number of pyridine rings is 1. The summed E-state index contributed by atoms with van der Waals surface area (Å²) in [6, 6.07) is 0. The molecule has 0 spiro atoms. The first-order chi connectivity index (χ1) is 6.70. The molecule has 0 saturated heterocycles. The van der Waals surface area contributed by atoms with Gasteiger partial charge in [0.15, 0.2) is 0 Å². The van der Waals surface area contributed by atoms with Gasteiger partial charge in [0.25, 0.3) is 0 Å². The normalized spacial score (nSPS) is 14.3. The Morgan fingerprint density at radius 2 is 2.06 bits per heavy atom. The van der Waals surface area contributed by atoms with Gasteiger partial charge in [0.05, 0.1) is 5.69 Å². The van der Waals surface area contributed by atoms with E-state index in [2.05, 4.69) is 39.8 Å². The summed E-state index contributed by atoms with van der Waals surface area (Å²) in [7, 11) is 4.07. The van der Waals surface area contributed by atoms with Crippen molar-refractivity contribution in [1.29, 1.82) is 0 Å². The molecule has 2 nitrogen and oxygen atoms in total. The number of rotatable bonds is 0. The van der Waals surface area contributed by atoms with Crippen molar-refractivity contribution in [3.63, 3.8) is 0 Å². The standard InChI is InChI=1S/C11H14BrN2.2W/c1-8-9(12)7-13-10-5-3-4-6-14(2)11(8)10;;/h7H,2-6H2,1H3;;/q-1;;. The first-order valence-electron chi connectivity index (χ1n) is 4.92. The molecular weight excluding hydrogens is 608 g/mol. The molecule has 2 rings (SSSR count). The molecule has 0 saturated carbocycles. The molecule has 16 heavy (non-hydrogen) atoms. The van der Waals surface area contributed by atoms with Crippen LogP contribution in [0.2, 0.25) is 0 Å². The van der Waals surface area contributed by atoms with Crippen molar-refractivity contribution in [2.75, 3.05) is 11.4 Å². The van der Waals surface area contributed by atoms with E-state index in [-0.39, 0.29) is 42.1 Å². The summed E-state index contributed by atoms with van der Waals surface area (Å²) in [5.74, 6) is 0. The molecule has 1 aliphatic heterocycles. The van der Waals surface area contributed by atoms with Crippen LogP contribution < -0.4 is 4.90 Å². The number of hydrogen-bond acceptors (Lipinski definition) is 2. The predicted molar refractivity (Wildman–Crippen MR) is 62.3 cm³/mol. The SMILES string of the molecule is [CH2-]N1CCCCc2ncc(Br)c(C)c21.[W].[W]. The molecule has 0 aromatic carbocycles. The van der Waals surface area contributed by atoms with Crippen molar-refractivity contribution in [2.24, 2.45) is 0 Å². The molecule has 2 heterocycles. The van der Waals surface area contributed by atoms with Gasteiger partial charge < -0.3 is 4.90 Å². The Kier molecular flexibility index (Phi) is 7.65. The van der Waals surface area contributed by atoms with Gasteiger partial charge in [-0.3, -0.25) is 12.0 Å². The van der Waals surface area contributed by atoms with Crippen molar-refractivity contribution in [3.05, 3.63) is 29.0 Å². The van der Waals surface area contributed by atoms with Crippen LogP contribution in [0.5, 0.6) is 0 Å². The van der Waals surface area contributed by atoms with Crippen molar-refractivity contribution < 1.29 is 42.1 Å². The Hall–Kier alpha value is 0.807. The van der Waals surface area contributed by atoms with Crippen LogP contribution in [0.25, 0.3) is 0 Å². The molecule has 0 radical (unpaired) electrons. The van der Waals surface area contributed by atoms with Gasteiger partial charge in [0.2, 0.25) is 0 Å². The third-order valence-corrected chi connectivity index (χ3v) is 3.53.